The van der Waals surface area contributed by atoms with Crippen molar-refractivity contribution in [2.75, 3.05) is 6.61 Å². The first kappa shape index (κ1) is 9.41. The minimum absolute atomic E-state index is 0.0426. The Bertz CT molecular complexity index is 152. The summed E-state index contributed by atoms with van der Waals surface area (Å²) in [7, 11) is -4.08. The van der Waals surface area contributed by atoms with Crippen LogP contribution in [0.2, 0.25) is 0 Å². The SMILES string of the molecule is C#CCOC=C[PH](O)(O)O. The quantitative estimate of drug-likeness (QED) is 0.229. The first-order valence-electron chi connectivity index (χ1n) is 2.46. The van der Waals surface area contributed by atoms with Gasteiger partial charge in [-0.05, 0) is 0 Å². The predicted octanol–water partition coefficient (Wildman–Crippen LogP) is -0.421. The fraction of sp³-hybridized carbons (Fsp3) is 0.200. The van der Waals surface area contributed by atoms with Gasteiger partial charge in [-0.15, -0.1) is 0 Å². The van der Waals surface area contributed by atoms with Crippen LogP contribution >= 0.6 is 7.94 Å². The Labute approximate surface area is 59.3 Å². The van der Waals surface area contributed by atoms with Crippen molar-refractivity contribution in [3.8, 4) is 12.3 Å². The molecule has 0 saturated heterocycles. The van der Waals surface area contributed by atoms with Crippen LogP contribution in [0.15, 0.2) is 12.1 Å². The van der Waals surface area contributed by atoms with Gasteiger partial charge in [0.2, 0.25) is 0 Å². The molecule has 0 atom stereocenters. The van der Waals surface area contributed by atoms with Crippen molar-refractivity contribution in [3.63, 3.8) is 0 Å². The van der Waals surface area contributed by atoms with E-state index in [4.69, 9.17) is 21.1 Å². The molecule has 0 rings (SSSR count). The number of rotatable bonds is 3. The molecule has 0 aliphatic heterocycles. The van der Waals surface area contributed by atoms with Crippen LogP contribution in [0.25, 0.3) is 0 Å². The van der Waals surface area contributed by atoms with Gasteiger partial charge in [-0.25, -0.2) is 0 Å². The number of ether oxygens (including phenoxy) is 1. The van der Waals surface area contributed by atoms with Gasteiger partial charge in [-0.2, -0.15) is 0 Å². The van der Waals surface area contributed by atoms with Crippen molar-refractivity contribution >= 4 is 7.94 Å². The molecule has 0 radical (unpaired) electrons. The molecule has 58 valence electrons. The molecule has 0 aromatic rings. The maximum absolute atomic E-state index is 8.35. The molecule has 5 heteroatoms. The number of hydrogen-bond donors (Lipinski definition) is 3. The third-order valence-corrected chi connectivity index (χ3v) is 1.14. The molecule has 0 aromatic carbocycles. The van der Waals surface area contributed by atoms with Crippen molar-refractivity contribution in [1.82, 2.24) is 0 Å². The summed E-state index contributed by atoms with van der Waals surface area (Å²) in [5.74, 6) is 2.93. The van der Waals surface area contributed by atoms with Crippen LogP contribution in [0.4, 0.5) is 0 Å². The normalized spacial score (nSPS) is 13.0. The van der Waals surface area contributed by atoms with Crippen LogP contribution in [0.3, 0.4) is 0 Å². The molecule has 0 fully saturated rings. The van der Waals surface area contributed by atoms with Crippen LogP contribution in [0.1, 0.15) is 0 Å². The summed E-state index contributed by atoms with van der Waals surface area (Å²) in [4.78, 5) is 25.0. The molecule has 0 aliphatic rings. The Kier molecular flexibility index (Phi) is 4.01. The standard InChI is InChI=1S/C5H9O4P/c1-2-3-9-4-5-10(6,7)8/h1,4-8,10H,3H2. The molecular weight excluding hydrogens is 155 g/mol. The Morgan fingerprint density at radius 1 is 1.50 bits per heavy atom. The van der Waals surface area contributed by atoms with E-state index >= 15 is 0 Å². The summed E-state index contributed by atoms with van der Waals surface area (Å²) in [6, 6.07) is 0. The first-order chi connectivity index (χ1) is 4.56. The molecule has 0 unspecified atom stereocenters. The monoisotopic (exact) mass is 164 g/mol. The average Bonchev–Trinajstić information content (AvgIpc) is 1.78. The summed E-state index contributed by atoms with van der Waals surface area (Å²) < 4.78 is 4.50. The number of hydrogen-bond acceptors (Lipinski definition) is 4. The molecule has 0 heterocycles. The van der Waals surface area contributed by atoms with Gasteiger partial charge in [0.1, 0.15) is 0 Å². The summed E-state index contributed by atoms with van der Waals surface area (Å²) in [5, 5.41) is 0. The van der Waals surface area contributed by atoms with Crippen molar-refractivity contribution in [3.05, 3.63) is 12.1 Å². The molecule has 4 nitrogen and oxygen atoms in total. The Balaban J connectivity index is 3.49. The maximum atomic E-state index is 8.35. The zero-order valence-corrected chi connectivity index (χ0v) is 6.19. The molecule has 0 bridgehead atoms. The topological polar surface area (TPSA) is 69.9 Å². The zero-order chi connectivity index (χ0) is 8.04. The molecule has 10 heavy (non-hydrogen) atoms. The van der Waals surface area contributed by atoms with Crippen molar-refractivity contribution in [1.29, 1.82) is 0 Å². The van der Waals surface area contributed by atoms with Crippen LogP contribution < -0.4 is 0 Å². The molecule has 0 saturated carbocycles. The van der Waals surface area contributed by atoms with Gasteiger partial charge in [0.05, 0.1) is 0 Å². The van der Waals surface area contributed by atoms with Crippen LogP contribution in [0, 0.1) is 12.3 Å². The number of terminal acetylenes is 1. The van der Waals surface area contributed by atoms with Crippen molar-refractivity contribution in [2.24, 2.45) is 0 Å². The summed E-state index contributed by atoms with van der Waals surface area (Å²) in [6.45, 7) is 0.0426. The van der Waals surface area contributed by atoms with E-state index in [9.17, 15) is 0 Å². The third kappa shape index (κ3) is 7.41. The van der Waals surface area contributed by atoms with Gasteiger partial charge in [-0.1, -0.05) is 0 Å². The third-order valence-electron chi connectivity index (χ3n) is 0.555. The summed E-state index contributed by atoms with van der Waals surface area (Å²) >= 11 is 0. The van der Waals surface area contributed by atoms with Crippen molar-refractivity contribution in [2.45, 2.75) is 0 Å². The van der Waals surface area contributed by atoms with E-state index in [2.05, 4.69) is 10.7 Å². The van der Waals surface area contributed by atoms with E-state index in [1.165, 1.54) is 0 Å². The molecule has 3 N–H and O–H groups in total. The van der Waals surface area contributed by atoms with Gasteiger partial charge in [0.25, 0.3) is 0 Å². The Morgan fingerprint density at radius 3 is 2.50 bits per heavy atom. The van der Waals surface area contributed by atoms with E-state index in [0.29, 0.717) is 0 Å². The predicted molar refractivity (Wildman–Crippen MR) is 38.9 cm³/mol. The van der Waals surface area contributed by atoms with E-state index < -0.39 is 7.94 Å². The fourth-order valence-electron chi connectivity index (χ4n) is 0.236. The first-order valence-corrected chi connectivity index (χ1v) is 4.38. The van der Waals surface area contributed by atoms with Gasteiger partial charge < -0.3 is 0 Å². The van der Waals surface area contributed by atoms with E-state index in [0.717, 1.165) is 12.1 Å². The van der Waals surface area contributed by atoms with Crippen molar-refractivity contribution < 1.29 is 19.4 Å². The van der Waals surface area contributed by atoms with E-state index in [-0.39, 0.29) is 6.61 Å². The molecule has 0 aliphatic carbocycles. The van der Waals surface area contributed by atoms with Gasteiger partial charge >= 0.3 is 58.4 Å². The fourth-order valence-corrected chi connectivity index (χ4v) is 0.514. The van der Waals surface area contributed by atoms with Gasteiger partial charge in [-0.3, -0.25) is 0 Å². The second-order valence-electron chi connectivity index (χ2n) is 1.51. The van der Waals surface area contributed by atoms with Crippen LogP contribution in [0.5, 0.6) is 0 Å². The van der Waals surface area contributed by atoms with Crippen LogP contribution in [-0.4, -0.2) is 21.3 Å². The Morgan fingerprint density at radius 2 is 2.10 bits per heavy atom. The second kappa shape index (κ2) is 4.26. The minimum atomic E-state index is -4.08. The zero-order valence-electron chi connectivity index (χ0n) is 5.19. The average molecular weight is 164 g/mol. The summed E-state index contributed by atoms with van der Waals surface area (Å²) in [6.07, 6.45) is 5.76. The molecule has 0 amide bonds. The van der Waals surface area contributed by atoms with Gasteiger partial charge in [0.15, 0.2) is 0 Å². The second-order valence-corrected chi connectivity index (χ2v) is 3.21. The summed E-state index contributed by atoms with van der Waals surface area (Å²) in [5.41, 5.74) is 0. The molecule has 0 spiro atoms. The molecule has 0 aromatic heterocycles. The molecular formula is C5H9O4P. The van der Waals surface area contributed by atoms with E-state index in [1.807, 2.05) is 0 Å². The Hall–Kier alpha value is -0.590. The van der Waals surface area contributed by atoms with E-state index in [1.54, 1.807) is 0 Å². The van der Waals surface area contributed by atoms with Gasteiger partial charge in [0, 0.05) is 0 Å². The van der Waals surface area contributed by atoms with Crippen LogP contribution in [-0.2, 0) is 4.74 Å².